The summed E-state index contributed by atoms with van der Waals surface area (Å²) in [5.41, 5.74) is 0.718. The van der Waals surface area contributed by atoms with Crippen molar-refractivity contribution in [2.24, 2.45) is 0 Å². The number of halogens is 1. The van der Waals surface area contributed by atoms with E-state index >= 15 is 0 Å². The molecule has 62 valence electrons. The predicted octanol–water partition coefficient (Wildman–Crippen LogP) is 3.02. The number of ketones is 1. The van der Waals surface area contributed by atoms with Crippen LogP contribution in [0.25, 0.3) is 0 Å². The van der Waals surface area contributed by atoms with Gasteiger partial charge in [0.05, 0.1) is 5.02 Å². The molecule has 1 heterocycles. The minimum Gasteiger partial charge on any atom is -0.294 e. The topological polar surface area (TPSA) is 17.1 Å². The van der Waals surface area contributed by atoms with E-state index in [1.165, 1.54) is 0 Å². The minimum atomic E-state index is 0.175. The molecule has 3 heteroatoms. The van der Waals surface area contributed by atoms with E-state index in [9.17, 15) is 4.79 Å². The Hall–Kier alpha value is -0.470. The Labute approximate surface area is 80.1 Å². The fourth-order valence-corrected chi connectivity index (χ4v) is 2.66. The van der Waals surface area contributed by atoms with Gasteiger partial charge in [-0.1, -0.05) is 17.7 Å². The van der Waals surface area contributed by atoms with Gasteiger partial charge in [0.2, 0.25) is 0 Å². The van der Waals surface area contributed by atoms with Crippen molar-refractivity contribution in [1.29, 1.82) is 0 Å². The van der Waals surface area contributed by atoms with Gasteiger partial charge < -0.3 is 0 Å². The van der Waals surface area contributed by atoms with Crippen molar-refractivity contribution in [2.75, 3.05) is 5.75 Å². The van der Waals surface area contributed by atoms with Gasteiger partial charge in [0.15, 0.2) is 5.78 Å². The smallest absolute Gasteiger partial charge is 0.166 e. The van der Waals surface area contributed by atoms with E-state index in [1.807, 2.05) is 12.1 Å². The highest BCUT2D eigenvalue weighted by molar-refractivity contribution is 7.99. The Morgan fingerprint density at radius 1 is 1.42 bits per heavy atom. The van der Waals surface area contributed by atoms with E-state index in [0.717, 1.165) is 16.2 Å². The van der Waals surface area contributed by atoms with E-state index in [-0.39, 0.29) is 5.78 Å². The first-order chi connectivity index (χ1) is 5.79. The molecule has 2 rings (SSSR count). The highest BCUT2D eigenvalue weighted by Gasteiger charge is 2.19. The Kier molecular flexibility index (Phi) is 2.11. The second-order valence-corrected chi connectivity index (χ2v) is 4.18. The fourth-order valence-electron chi connectivity index (χ4n) is 1.27. The van der Waals surface area contributed by atoms with E-state index in [1.54, 1.807) is 17.8 Å². The number of Topliss-reactive ketones (excluding diaryl/α,β-unsaturated/α-hetero) is 1. The largest absolute Gasteiger partial charge is 0.294 e. The maximum absolute atomic E-state index is 11.4. The van der Waals surface area contributed by atoms with Crippen LogP contribution >= 0.6 is 23.4 Å². The van der Waals surface area contributed by atoms with Gasteiger partial charge >= 0.3 is 0 Å². The normalized spacial score (nSPS) is 15.9. The van der Waals surface area contributed by atoms with Crippen LogP contribution in [0.1, 0.15) is 16.8 Å². The molecule has 1 aliphatic rings. The highest BCUT2D eigenvalue weighted by Crippen LogP contribution is 2.33. The van der Waals surface area contributed by atoms with Crippen molar-refractivity contribution < 1.29 is 4.79 Å². The molecule has 12 heavy (non-hydrogen) atoms. The lowest BCUT2D eigenvalue weighted by molar-refractivity contribution is 0.0985. The molecule has 0 unspecified atom stereocenters. The first-order valence-corrected chi connectivity index (χ1v) is 5.10. The zero-order valence-electron chi connectivity index (χ0n) is 6.34. The van der Waals surface area contributed by atoms with Crippen LogP contribution in [0.3, 0.4) is 0 Å². The summed E-state index contributed by atoms with van der Waals surface area (Å²) in [6.07, 6.45) is 0.612. The number of thioether (sulfide) groups is 1. The summed E-state index contributed by atoms with van der Waals surface area (Å²) in [7, 11) is 0. The van der Waals surface area contributed by atoms with Crippen LogP contribution in [-0.2, 0) is 0 Å². The monoisotopic (exact) mass is 198 g/mol. The average molecular weight is 199 g/mol. The van der Waals surface area contributed by atoms with Crippen molar-refractivity contribution in [1.82, 2.24) is 0 Å². The molecular weight excluding hydrogens is 192 g/mol. The molecule has 0 amide bonds. The van der Waals surface area contributed by atoms with Gasteiger partial charge in [-0.2, -0.15) is 0 Å². The minimum absolute atomic E-state index is 0.175. The fraction of sp³-hybridized carbons (Fsp3) is 0.222. The van der Waals surface area contributed by atoms with Gasteiger partial charge in [0, 0.05) is 22.6 Å². The molecule has 0 aromatic heterocycles. The van der Waals surface area contributed by atoms with Gasteiger partial charge in [-0.05, 0) is 12.1 Å². The molecule has 1 aromatic rings. The molecule has 0 atom stereocenters. The molecular formula is C9H7ClOS. The van der Waals surface area contributed by atoms with Gasteiger partial charge in [-0.25, -0.2) is 0 Å². The maximum Gasteiger partial charge on any atom is 0.166 e. The zero-order valence-corrected chi connectivity index (χ0v) is 7.91. The Morgan fingerprint density at radius 3 is 3.00 bits per heavy atom. The number of hydrogen-bond acceptors (Lipinski definition) is 2. The van der Waals surface area contributed by atoms with E-state index in [4.69, 9.17) is 11.6 Å². The summed E-state index contributed by atoms with van der Waals surface area (Å²) < 4.78 is 0. The summed E-state index contributed by atoms with van der Waals surface area (Å²) in [5, 5.41) is 0.588. The van der Waals surface area contributed by atoms with Crippen molar-refractivity contribution in [2.45, 2.75) is 11.3 Å². The molecule has 0 spiro atoms. The lowest BCUT2D eigenvalue weighted by atomic mass is 10.1. The van der Waals surface area contributed by atoms with Crippen LogP contribution in [0.4, 0.5) is 0 Å². The maximum atomic E-state index is 11.4. The molecule has 1 nitrogen and oxygen atoms in total. The lowest BCUT2D eigenvalue weighted by Crippen LogP contribution is -2.08. The number of hydrogen-bond donors (Lipinski definition) is 0. The molecule has 0 N–H and O–H groups in total. The van der Waals surface area contributed by atoms with Crippen LogP contribution in [0.2, 0.25) is 5.02 Å². The summed E-state index contributed by atoms with van der Waals surface area (Å²) in [6, 6.07) is 5.60. The van der Waals surface area contributed by atoms with Crippen molar-refractivity contribution in [3.8, 4) is 0 Å². The molecule has 1 aromatic carbocycles. The summed E-state index contributed by atoms with van der Waals surface area (Å²) in [5.74, 6) is 1.06. The SMILES string of the molecule is O=C1CCSc2cccc(Cl)c21. The van der Waals surface area contributed by atoms with Crippen LogP contribution in [0.15, 0.2) is 23.1 Å². The molecule has 0 saturated carbocycles. The van der Waals surface area contributed by atoms with Gasteiger partial charge in [-0.15, -0.1) is 11.8 Å². The Morgan fingerprint density at radius 2 is 2.25 bits per heavy atom. The van der Waals surface area contributed by atoms with Gasteiger partial charge in [0.25, 0.3) is 0 Å². The van der Waals surface area contributed by atoms with Crippen molar-refractivity contribution in [3.05, 3.63) is 28.8 Å². The molecule has 0 saturated heterocycles. The quantitative estimate of drug-likeness (QED) is 0.638. The molecule has 1 aliphatic heterocycles. The second-order valence-electron chi connectivity index (χ2n) is 2.63. The number of fused-ring (bicyclic) bond motifs is 1. The first kappa shape index (κ1) is 8.14. The number of carbonyl (C=O) groups is 1. The number of rotatable bonds is 0. The highest BCUT2D eigenvalue weighted by atomic mass is 35.5. The standard InChI is InChI=1S/C9H7ClOS/c10-6-2-1-3-8-9(6)7(11)4-5-12-8/h1-3H,4-5H2. The second kappa shape index (κ2) is 3.11. The van der Waals surface area contributed by atoms with E-state index in [2.05, 4.69) is 0 Å². The average Bonchev–Trinajstić information content (AvgIpc) is 2.04. The summed E-state index contributed by atoms with van der Waals surface area (Å²) in [6.45, 7) is 0. The van der Waals surface area contributed by atoms with Crippen molar-refractivity contribution >= 4 is 29.1 Å². The first-order valence-electron chi connectivity index (χ1n) is 3.73. The van der Waals surface area contributed by atoms with Crippen LogP contribution < -0.4 is 0 Å². The van der Waals surface area contributed by atoms with Crippen molar-refractivity contribution in [3.63, 3.8) is 0 Å². The number of benzene rings is 1. The van der Waals surface area contributed by atoms with E-state index in [0.29, 0.717) is 11.4 Å². The third-order valence-electron chi connectivity index (χ3n) is 1.84. The third kappa shape index (κ3) is 1.25. The molecule has 0 radical (unpaired) electrons. The zero-order chi connectivity index (χ0) is 8.55. The summed E-state index contributed by atoms with van der Waals surface area (Å²) in [4.78, 5) is 12.4. The lowest BCUT2D eigenvalue weighted by Gasteiger charge is -2.14. The summed E-state index contributed by atoms with van der Waals surface area (Å²) >= 11 is 7.60. The van der Waals surface area contributed by atoms with E-state index < -0.39 is 0 Å². The van der Waals surface area contributed by atoms with Crippen LogP contribution in [0, 0.1) is 0 Å². The van der Waals surface area contributed by atoms with Crippen LogP contribution in [-0.4, -0.2) is 11.5 Å². The number of carbonyl (C=O) groups excluding carboxylic acids is 1. The third-order valence-corrected chi connectivity index (χ3v) is 3.22. The molecule has 0 aliphatic carbocycles. The molecule has 0 fully saturated rings. The van der Waals surface area contributed by atoms with Crippen LogP contribution in [0.5, 0.6) is 0 Å². The van der Waals surface area contributed by atoms with Gasteiger partial charge in [0.1, 0.15) is 0 Å². The van der Waals surface area contributed by atoms with Gasteiger partial charge in [-0.3, -0.25) is 4.79 Å². The predicted molar refractivity (Wildman–Crippen MR) is 51.1 cm³/mol. The Bertz CT molecular complexity index is 335. The Balaban J connectivity index is 2.60. The molecule has 0 bridgehead atoms.